The second-order valence-electron chi connectivity index (χ2n) is 5.86. The summed E-state index contributed by atoms with van der Waals surface area (Å²) in [4.78, 5) is 21.0. The lowest BCUT2D eigenvalue weighted by atomic mass is 10.2. The molecule has 2 rings (SSSR count). The van der Waals surface area contributed by atoms with Crippen molar-refractivity contribution < 1.29 is 4.79 Å². The molecule has 1 saturated carbocycles. The van der Waals surface area contributed by atoms with E-state index in [4.69, 9.17) is 0 Å². The Balaban J connectivity index is 2.12. The molecule has 0 bridgehead atoms. The third-order valence-corrected chi connectivity index (χ3v) is 3.71. The van der Waals surface area contributed by atoms with Crippen LogP contribution in [-0.4, -0.2) is 29.0 Å². The summed E-state index contributed by atoms with van der Waals surface area (Å²) in [5.74, 6) is 2.18. The fraction of sp³-hybridized carbons (Fsp3) is 0.667. The van der Waals surface area contributed by atoms with Gasteiger partial charge in [0.05, 0.1) is 11.9 Å². The number of carbonyl (C=O) groups excluding carboxylic acids is 1. The Labute approximate surface area is 120 Å². The summed E-state index contributed by atoms with van der Waals surface area (Å²) in [6, 6.07) is 0. The lowest BCUT2D eigenvalue weighted by Crippen LogP contribution is -2.28. The van der Waals surface area contributed by atoms with Gasteiger partial charge in [0.1, 0.15) is 5.82 Å². The highest BCUT2D eigenvalue weighted by Gasteiger charge is 2.32. The molecule has 0 radical (unpaired) electrons. The van der Waals surface area contributed by atoms with Gasteiger partial charge in [0.25, 0.3) is 5.91 Å². The molecule has 1 amide bonds. The van der Waals surface area contributed by atoms with Crippen molar-refractivity contribution in [2.45, 2.75) is 40.0 Å². The van der Waals surface area contributed by atoms with E-state index in [1.165, 1.54) is 6.42 Å². The molecule has 2 unspecified atom stereocenters. The average Bonchev–Trinajstić information content (AvgIpc) is 3.12. The number of anilines is 1. The molecule has 0 saturated heterocycles. The van der Waals surface area contributed by atoms with Crippen molar-refractivity contribution in [3.63, 3.8) is 0 Å². The van der Waals surface area contributed by atoms with Crippen LogP contribution < -0.4 is 10.6 Å². The van der Waals surface area contributed by atoms with E-state index in [1.807, 2.05) is 20.8 Å². The van der Waals surface area contributed by atoms with Gasteiger partial charge < -0.3 is 10.6 Å². The summed E-state index contributed by atoms with van der Waals surface area (Å²) in [5, 5.41) is 6.14. The van der Waals surface area contributed by atoms with Crippen LogP contribution in [0.5, 0.6) is 0 Å². The van der Waals surface area contributed by atoms with Crippen molar-refractivity contribution in [3.8, 4) is 0 Å². The SMILES string of the molecule is CCNc1cnc(C(C)C)nc1C(=O)NCC1CC1C. The third-order valence-electron chi connectivity index (χ3n) is 3.71. The molecular formula is C15H24N4O. The zero-order chi connectivity index (χ0) is 14.7. The van der Waals surface area contributed by atoms with E-state index in [1.54, 1.807) is 6.20 Å². The normalized spacial score (nSPS) is 20.9. The summed E-state index contributed by atoms with van der Waals surface area (Å²) < 4.78 is 0. The molecule has 2 N–H and O–H groups in total. The van der Waals surface area contributed by atoms with E-state index in [-0.39, 0.29) is 11.8 Å². The van der Waals surface area contributed by atoms with Crippen molar-refractivity contribution in [2.75, 3.05) is 18.4 Å². The number of hydrogen-bond acceptors (Lipinski definition) is 4. The standard InChI is InChI=1S/C15H24N4O/c1-5-16-12-8-17-14(9(2)3)19-13(12)15(20)18-7-11-6-10(11)4/h8-11,16H,5-7H2,1-4H3,(H,18,20). The lowest BCUT2D eigenvalue weighted by molar-refractivity contribution is 0.0946. The molecule has 0 aliphatic heterocycles. The van der Waals surface area contributed by atoms with Crippen molar-refractivity contribution in [3.05, 3.63) is 17.7 Å². The molecular weight excluding hydrogens is 252 g/mol. The van der Waals surface area contributed by atoms with Gasteiger partial charge in [-0.25, -0.2) is 9.97 Å². The molecule has 1 aromatic heterocycles. The average molecular weight is 276 g/mol. The van der Waals surface area contributed by atoms with Gasteiger partial charge >= 0.3 is 0 Å². The van der Waals surface area contributed by atoms with Crippen LogP contribution in [0, 0.1) is 11.8 Å². The second kappa shape index (κ2) is 6.20. The fourth-order valence-electron chi connectivity index (χ4n) is 2.16. The molecule has 1 aliphatic carbocycles. The van der Waals surface area contributed by atoms with E-state index >= 15 is 0 Å². The van der Waals surface area contributed by atoms with Gasteiger partial charge in [-0.2, -0.15) is 0 Å². The van der Waals surface area contributed by atoms with Crippen molar-refractivity contribution in [2.24, 2.45) is 11.8 Å². The predicted molar refractivity (Wildman–Crippen MR) is 79.9 cm³/mol. The molecule has 1 aliphatic rings. The monoisotopic (exact) mass is 276 g/mol. The van der Waals surface area contributed by atoms with Gasteiger partial charge in [-0.1, -0.05) is 20.8 Å². The Morgan fingerprint density at radius 2 is 2.20 bits per heavy atom. The molecule has 110 valence electrons. The van der Waals surface area contributed by atoms with Crippen LogP contribution in [0.1, 0.15) is 56.3 Å². The van der Waals surface area contributed by atoms with Gasteiger partial charge in [-0.3, -0.25) is 4.79 Å². The molecule has 2 atom stereocenters. The fourth-order valence-corrected chi connectivity index (χ4v) is 2.16. The van der Waals surface area contributed by atoms with Crippen LogP contribution in [0.2, 0.25) is 0 Å². The first-order chi connectivity index (χ1) is 9.52. The number of nitrogens with zero attached hydrogens (tertiary/aromatic N) is 2. The van der Waals surface area contributed by atoms with Gasteiger partial charge in [0.15, 0.2) is 5.69 Å². The number of hydrogen-bond donors (Lipinski definition) is 2. The Morgan fingerprint density at radius 1 is 1.50 bits per heavy atom. The van der Waals surface area contributed by atoms with Crippen LogP contribution >= 0.6 is 0 Å². The zero-order valence-electron chi connectivity index (χ0n) is 12.7. The Hall–Kier alpha value is -1.65. The minimum Gasteiger partial charge on any atom is -0.382 e. The topological polar surface area (TPSA) is 66.9 Å². The number of carbonyl (C=O) groups is 1. The second-order valence-corrected chi connectivity index (χ2v) is 5.86. The number of nitrogens with one attached hydrogen (secondary N) is 2. The van der Waals surface area contributed by atoms with Crippen LogP contribution in [0.15, 0.2) is 6.20 Å². The Bertz CT molecular complexity index is 487. The molecule has 5 heteroatoms. The van der Waals surface area contributed by atoms with Gasteiger partial charge in [-0.15, -0.1) is 0 Å². The molecule has 5 nitrogen and oxygen atoms in total. The van der Waals surface area contributed by atoms with Crippen LogP contribution in [0.4, 0.5) is 5.69 Å². The van der Waals surface area contributed by atoms with Crippen LogP contribution in [0.3, 0.4) is 0 Å². The van der Waals surface area contributed by atoms with Crippen molar-refractivity contribution in [1.29, 1.82) is 0 Å². The third kappa shape index (κ3) is 3.46. The van der Waals surface area contributed by atoms with E-state index < -0.39 is 0 Å². The molecule has 0 aromatic carbocycles. The Morgan fingerprint density at radius 3 is 2.75 bits per heavy atom. The first kappa shape index (κ1) is 14.8. The molecule has 1 fully saturated rings. The maximum absolute atomic E-state index is 12.3. The minimum atomic E-state index is -0.107. The smallest absolute Gasteiger partial charge is 0.272 e. The largest absolute Gasteiger partial charge is 0.382 e. The summed E-state index contributed by atoms with van der Waals surface area (Å²) >= 11 is 0. The van der Waals surface area contributed by atoms with E-state index in [9.17, 15) is 4.79 Å². The van der Waals surface area contributed by atoms with Gasteiger partial charge in [-0.05, 0) is 25.2 Å². The van der Waals surface area contributed by atoms with E-state index in [2.05, 4.69) is 27.5 Å². The number of amides is 1. The highest BCUT2D eigenvalue weighted by Crippen LogP contribution is 2.36. The summed E-state index contributed by atoms with van der Waals surface area (Å²) in [6.07, 6.45) is 2.92. The highest BCUT2D eigenvalue weighted by molar-refractivity contribution is 5.97. The number of aromatic nitrogens is 2. The van der Waals surface area contributed by atoms with Crippen LogP contribution in [-0.2, 0) is 0 Å². The van der Waals surface area contributed by atoms with E-state index in [0.717, 1.165) is 19.0 Å². The first-order valence-corrected chi connectivity index (χ1v) is 7.41. The molecule has 20 heavy (non-hydrogen) atoms. The Kier molecular flexibility index (Phi) is 4.57. The zero-order valence-corrected chi connectivity index (χ0v) is 12.7. The van der Waals surface area contributed by atoms with Gasteiger partial charge in [0.2, 0.25) is 0 Å². The summed E-state index contributed by atoms with van der Waals surface area (Å²) in [7, 11) is 0. The van der Waals surface area contributed by atoms with Gasteiger partial charge in [0, 0.05) is 19.0 Å². The molecule has 0 spiro atoms. The summed E-state index contributed by atoms with van der Waals surface area (Å²) in [6.45, 7) is 9.73. The first-order valence-electron chi connectivity index (χ1n) is 7.41. The van der Waals surface area contributed by atoms with Crippen molar-refractivity contribution >= 4 is 11.6 Å². The minimum absolute atomic E-state index is 0.107. The predicted octanol–water partition coefficient (Wildman–Crippen LogP) is 2.42. The maximum atomic E-state index is 12.3. The van der Waals surface area contributed by atoms with Crippen LogP contribution in [0.25, 0.3) is 0 Å². The summed E-state index contributed by atoms with van der Waals surface area (Å²) in [5.41, 5.74) is 1.16. The number of rotatable bonds is 6. The quantitative estimate of drug-likeness (QED) is 0.837. The highest BCUT2D eigenvalue weighted by atomic mass is 16.1. The van der Waals surface area contributed by atoms with Crippen molar-refractivity contribution in [1.82, 2.24) is 15.3 Å². The molecule has 1 aromatic rings. The van der Waals surface area contributed by atoms with E-state index in [0.29, 0.717) is 23.1 Å². The lowest BCUT2D eigenvalue weighted by Gasteiger charge is -2.12. The maximum Gasteiger partial charge on any atom is 0.272 e. The molecule has 1 heterocycles.